The van der Waals surface area contributed by atoms with Crippen LogP contribution in [0.2, 0.25) is 5.02 Å². The van der Waals surface area contributed by atoms with Crippen molar-refractivity contribution in [1.29, 1.82) is 0 Å². The number of carbonyl (C=O) groups excluding carboxylic acids is 1. The second kappa shape index (κ2) is 10.7. The van der Waals surface area contributed by atoms with Crippen LogP contribution in [-0.2, 0) is 4.79 Å². The molecule has 1 atom stereocenters. The van der Waals surface area contributed by atoms with E-state index in [9.17, 15) is 4.79 Å². The van der Waals surface area contributed by atoms with E-state index in [0.717, 1.165) is 28.8 Å². The molecule has 1 N–H and O–H groups in total. The Morgan fingerprint density at radius 3 is 2.56 bits per heavy atom. The Hall–Kier alpha value is -3.38. The molecule has 34 heavy (non-hydrogen) atoms. The van der Waals surface area contributed by atoms with Gasteiger partial charge in [-0.3, -0.25) is 4.79 Å². The average Bonchev–Trinajstić information content (AvgIpc) is 3.36. The summed E-state index contributed by atoms with van der Waals surface area (Å²) in [4.78, 5) is 24.5. The highest BCUT2D eigenvalue weighted by atomic mass is 35.5. The third kappa shape index (κ3) is 5.75. The maximum Gasteiger partial charge on any atom is 0.222 e. The van der Waals surface area contributed by atoms with Crippen LogP contribution >= 0.6 is 11.6 Å². The molecule has 0 bridgehead atoms. The molecule has 0 aliphatic heterocycles. The minimum atomic E-state index is -0.0557. The summed E-state index contributed by atoms with van der Waals surface area (Å²) in [6.45, 7) is 7.57. The van der Waals surface area contributed by atoms with Crippen molar-refractivity contribution in [3.63, 3.8) is 0 Å². The molecule has 0 aliphatic rings. The van der Waals surface area contributed by atoms with Crippen LogP contribution in [0.15, 0.2) is 71.3 Å². The predicted molar refractivity (Wildman–Crippen MR) is 137 cm³/mol. The number of hydrogen-bond acceptors (Lipinski definition) is 5. The van der Waals surface area contributed by atoms with Gasteiger partial charge in [-0.1, -0.05) is 55.8 Å². The maximum atomic E-state index is 12.8. The SMILES string of the molecule is CC(C)CN(CCC(=O)NC(C)c1ccccc1)c1nc(-c2ccco2)nc2cc(Cl)ccc12. The molecule has 0 fully saturated rings. The molecule has 4 aromatic rings. The summed E-state index contributed by atoms with van der Waals surface area (Å²) in [5, 5.41) is 4.60. The first-order valence-corrected chi connectivity index (χ1v) is 11.9. The molecule has 1 unspecified atom stereocenters. The summed E-state index contributed by atoms with van der Waals surface area (Å²) >= 11 is 6.26. The summed E-state index contributed by atoms with van der Waals surface area (Å²) in [5.74, 6) is 2.21. The highest BCUT2D eigenvalue weighted by Crippen LogP contribution is 2.30. The molecule has 7 heteroatoms. The van der Waals surface area contributed by atoms with E-state index in [2.05, 4.69) is 29.0 Å². The van der Waals surface area contributed by atoms with Crippen LogP contribution < -0.4 is 10.2 Å². The van der Waals surface area contributed by atoms with E-state index >= 15 is 0 Å². The van der Waals surface area contributed by atoms with E-state index < -0.39 is 0 Å². The number of hydrogen-bond donors (Lipinski definition) is 1. The smallest absolute Gasteiger partial charge is 0.222 e. The normalized spacial score (nSPS) is 12.1. The summed E-state index contributed by atoms with van der Waals surface area (Å²) in [7, 11) is 0. The zero-order chi connectivity index (χ0) is 24.1. The maximum absolute atomic E-state index is 12.8. The first-order chi connectivity index (χ1) is 16.4. The van der Waals surface area contributed by atoms with Gasteiger partial charge in [0.2, 0.25) is 5.91 Å². The zero-order valence-electron chi connectivity index (χ0n) is 19.7. The van der Waals surface area contributed by atoms with Gasteiger partial charge in [0.25, 0.3) is 0 Å². The van der Waals surface area contributed by atoms with E-state index in [-0.39, 0.29) is 11.9 Å². The molecule has 1 amide bonds. The van der Waals surface area contributed by atoms with Crippen molar-refractivity contribution in [2.75, 3.05) is 18.0 Å². The van der Waals surface area contributed by atoms with Crippen LogP contribution in [0.3, 0.4) is 0 Å². The van der Waals surface area contributed by atoms with Crippen molar-refractivity contribution in [2.45, 2.75) is 33.2 Å². The number of aromatic nitrogens is 2. The van der Waals surface area contributed by atoms with Crippen molar-refractivity contribution in [3.05, 3.63) is 77.5 Å². The highest BCUT2D eigenvalue weighted by Gasteiger charge is 2.19. The van der Waals surface area contributed by atoms with Gasteiger partial charge in [0.1, 0.15) is 5.82 Å². The minimum Gasteiger partial charge on any atom is -0.461 e. The van der Waals surface area contributed by atoms with Gasteiger partial charge in [-0.2, -0.15) is 0 Å². The fourth-order valence-electron chi connectivity index (χ4n) is 3.94. The number of benzene rings is 2. The molecule has 4 rings (SSSR count). The Bertz CT molecular complexity index is 1240. The Labute approximate surface area is 205 Å². The third-order valence-electron chi connectivity index (χ3n) is 5.55. The van der Waals surface area contributed by atoms with Gasteiger partial charge in [-0.25, -0.2) is 9.97 Å². The van der Waals surface area contributed by atoms with Crippen LogP contribution in [0, 0.1) is 5.92 Å². The van der Waals surface area contributed by atoms with Gasteiger partial charge in [0, 0.05) is 29.9 Å². The van der Waals surface area contributed by atoms with Crippen molar-refractivity contribution in [1.82, 2.24) is 15.3 Å². The van der Waals surface area contributed by atoms with Crippen LogP contribution in [0.1, 0.15) is 38.8 Å². The van der Waals surface area contributed by atoms with Gasteiger partial charge in [-0.05, 0) is 48.7 Å². The fraction of sp³-hybridized carbons (Fsp3) is 0.296. The summed E-state index contributed by atoms with van der Waals surface area (Å²) in [6, 6.07) is 19.2. The topological polar surface area (TPSA) is 71.3 Å². The number of nitrogens with zero attached hydrogens (tertiary/aromatic N) is 3. The highest BCUT2D eigenvalue weighted by molar-refractivity contribution is 6.31. The standard InChI is InChI=1S/C27H29ClN4O2/c1-18(2)17-32(14-13-25(33)29-19(3)20-8-5-4-6-9-20)27-22-12-11-21(28)16-23(22)30-26(31-27)24-10-7-15-34-24/h4-12,15-16,18-19H,13-14,17H2,1-3H3,(H,29,33). The van der Waals surface area contributed by atoms with Crippen molar-refractivity contribution >= 4 is 34.2 Å². The zero-order valence-corrected chi connectivity index (χ0v) is 20.4. The molecule has 0 radical (unpaired) electrons. The van der Waals surface area contributed by atoms with Gasteiger partial charge in [-0.15, -0.1) is 0 Å². The van der Waals surface area contributed by atoms with Gasteiger partial charge in [0.05, 0.1) is 17.8 Å². The quantitative estimate of drug-likeness (QED) is 0.308. The van der Waals surface area contributed by atoms with E-state index in [4.69, 9.17) is 21.0 Å². The number of amides is 1. The molecule has 2 heterocycles. The van der Waals surface area contributed by atoms with Gasteiger partial charge in [0.15, 0.2) is 11.6 Å². The minimum absolute atomic E-state index is 0.00206. The molecule has 2 aromatic heterocycles. The van der Waals surface area contributed by atoms with E-state index in [1.807, 2.05) is 67.6 Å². The molecule has 0 saturated carbocycles. The van der Waals surface area contributed by atoms with Crippen LogP contribution in [-0.4, -0.2) is 29.0 Å². The van der Waals surface area contributed by atoms with E-state index in [1.165, 1.54) is 0 Å². The molecular formula is C27H29ClN4O2. The summed E-state index contributed by atoms with van der Waals surface area (Å²) in [5.41, 5.74) is 1.82. The lowest BCUT2D eigenvalue weighted by Crippen LogP contribution is -2.34. The van der Waals surface area contributed by atoms with E-state index in [0.29, 0.717) is 35.5 Å². The van der Waals surface area contributed by atoms with E-state index in [1.54, 1.807) is 6.26 Å². The third-order valence-corrected chi connectivity index (χ3v) is 5.79. The molecule has 2 aromatic carbocycles. The second-order valence-electron chi connectivity index (χ2n) is 8.80. The number of furan rings is 1. The van der Waals surface area contributed by atoms with Crippen LogP contribution in [0.25, 0.3) is 22.5 Å². The number of halogens is 1. The average molecular weight is 477 g/mol. The first kappa shape index (κ1) is 23.8. The largest absolute Gasteiger partial charge is 0.461 e. The molecule has 0 spiro atoms. The predicted octanol–water partition coefficient (Wildman–Crippen LogP) is 6.27. The molecule has 0 aliphatic carbocycles. The number of anilines is 1. The number of nitrogens with one attached hydrogen (secondary N) is 1. The number of rotatable bonds is 9. The lowest BCUT2D eigenvalue weighted by molar-refractivity contribution is -0.121. The van der Waals surface area contributed by atoms with Crippen molar-refractivity contribution < 1.29 is 9.21 Å². The Morgan fingerprint density at radius 1 is 1.06 bits per heavy atom. The summed E-state index contributed by atoms with van der Waals surface area (Å²) < 4.78 is 5.56. The monoisotopic (exact) mass is 476 g/mol. The van der Waals surface area contributed by atoms with Crippen LogP contribution in [0.4, 0.5) is 5.82 Å². The molecule has 0 saturated heterocycles. The lowest BCUT2D eigenvalue weighted by Gasteiger charge is -2.27. The Balaban J connectivity index is 1.60. The second-order valence-corrected chi connectivity index (χ2v) is 9.24. The van der Waals surface area contributed by atoms with Gasteiger partial charge >= 0.3 is 0 Å². The van der Waals surface area contributed by atoms with Gasteiger partial charge < -0.3 is 14.6 Å². The molecule has 6 nitrogen and oxygen atoms in total. The van der Waals surface area contributed by atoms with Crippen LogP contribution in [0.5, 0.6) is 0 Å². The summed E-state index contributed by atoms with van der Waals surface area (Å²) in [6.07, 6.45) is 1.95. The van der Waals surface area contributed by atoms with Crippen molar-refractivity contribution in [3.8, 4) is 11.6 Å². The first-order valence-electron chi connectivity index (χ1n) is 11.5. The van der Waals surface area contributed by atoms with Crippen molar-refractivity contribution in [2.24, 2.45) is 5.92 Å². The number of carbonyl (C=O) groups is 1. The molecule has 176 valence electrons. The number of fused-ring (bicyclic) bond motifs is 1. The lowest BCUT2D eigenvalue weighted by atomic mass is 10.1. The Morgan fingerprint density at radius 2 is 1.85 bits per heavy atom. The molecular weight excluding hydrogens is 448 g/mol. The fourth-order valence-corrected chi connectivity index (χ4v) is 4.11. The Kier molecular flexibility index (Phi) is 7.48.